The van der Waals surface area contributed by atoms with Crippen molar-refractivity contribution in [3.8, 4) is 28.7 Å². The number of ether oxygens (including phenoxy) is 6. The Morgan fingerprint density at radius 2 is 1.72 bits per heavy atom. The second-order valence-corrected chi connectivity index (χ2v) is 9.44. The summed E-state index contributed by atoms with van der Waals surface area (Å²) < 4.78 is 35.9. The standard InChI is InChI=1S/C26H23N2O7P/c1-30-20-8-14(9-21(31-2)25(20)32-3)23-15-10-18-19(35-13-34-18)11-16(15)28(17-12-33-26(29)24(17)23)36-22-6-4-5-7-27-22/h4-11,23,36H,12-13H2,1-3H3. The third kappa shape index (κ3) is 3.50. The van der Waals surface area contributed by atoms with Gasteiger partial charge in [-0.15, -0.1) is 0 Å². The number of aromatic nitrogens is 1. The van der Waals surface area contributed by atoms with Gasteiger partial charge in [0.15, 0.2) is 23.0 Å². The molecule has 36 heavy (non-hydrogen) atoms. The maximum atomic E-state index is 13.2. The Bertz CT molecular complexity index is 1370. The highest BCUT2D eigenvalue weighted by atomic mass is 31.1. The quantitative estimate of drug-likeness (QED) is 0.368. The molecule has 0 radical (unpaired) electrons. The van der Waals surface area contributed by atoms with Crippen LogP contribution in [0, 0.1) is 0 Å². The highest BCUT2D eigenvalue weighted by Crippen LogP contribution is 2.55. The maximum absolute atomic E-state index is 13.2. The van der Waals surface area contributed by atoms with Crippen molar-refractivity contribution in [1.29, 1.82) is 0 Å². The first-order valence-electron chi connectivity index (χ1n) is 11.2. The number of fused-ring (bicyclic) bond motifs is 2. The van der Waals surface area contributed by atoms with Gasteiger partial charge in [0.25, 0.3) is 0 Å². The Morgan fingerprint density at radius 3 is 2.39 bits per heavy atom. The summed E-state index contributed by atoms with van der Waals surface area (Å²) in [5.74, 6) is 1.96. The Hall–Kier alpha value is -3.97. The minimum absolute atomic E-state index is 0.144. The lowest BCUT2D eigenvalue weighted by molar-refractivity contribution is -0.136. The maximum Gasteiger partial charge on any atom is 0.337 e. The highest BCUT2D eigenvalue weighted by molar-refractivity contribution is 7.49. The van der Waals surface area contributed by atoms with Crippen molar-refractivity contribution in [3.05, 3.63) is 71.1 Å². The lowest BCUT2D eigenvalue weighted by Crippen LogP contribution is -2.27. The second kappa shape index (κ2) is 8.91. The van der Waals surface area contributed by atoms with E-state index in [1.165, 1.54) is 0 Å². The number of pyridine rings is 1. The average Bonchev–Trinajstić information content (AvgIpc) is 3.53. The number of cyclic esters (lactones) is 1. The zero-order valence-electron chi connectivity index (χ0n) is 19.9. The van der Waals surface area contributed by atoms with Gasteiger partial charge in [-0.25, -0.2) is 4.79 Å². The average molecular weight is 506 g/mol. The number of esters is 1. The van der Waals surface area contributed by atoms with Gasteiger partial charge in [0.1, 0.15) is 6.61 Å². The molecule has 0 N–H and O–H groups in total. The van der Waals surface area contributed by atoms with Crippen LogP contribution in [-0.2, 0) is 9.53 Å². The number of anilines is 1. The predicted molar refractivity (Wildman–Crippen MR) is 133 cm³/mol. The third-order valence-electron chi connectivity index (χ3n) is 6.41. The number of hydrogen-bond donors (Lipinski definition) is 0. The van der Waals surface area contributed by atoms with Crippen molar-refractivity contribution in [2.45, 2.75) is 5.92 Å². The van der Waals surface area contributed by atoms with Crippen LogP contribution in [0.15, 0.2) is 59.9 Å². The van der Waals surface area contributed by atoms with Crippen molar-refractivity contribution < 1.29 is 33.2 Å². The van der Waals surface area contributed by atoms with Crippen LogP contribution in [0.1, 0.15) is 17.0 Å². The topological polar surface area (TPSA) is 88.6 Å². The number of hydrogen-bond acceptors (Lipinski definition) is 9. The molecule has 3 aromatic rings. The molecule has 4 heterocycles. The van der Waals surface area contributed by atoms with E-state index < -0.39 is 5.92 Å². The number of methoxy groups -OCH3 is 3. The summed E-state index contributed by atoms with van der Waals surface area (Å²) in [6.45, 7) is 0.313. The molecule has 10 heteroatoms. The summed E-state index contributed by atoms with van der Waals surface area (Å²) in [5, 5.41) is 0. The molecule has 3 aliphatic heterocycles. The predicted octanol–water partition coefficient (Wildman–Crippen LogP) is 3.52. The van der Waals surface area contributed by atoms with Crippen LogP contribution in [-0.4, -0.2) is 45.7 Å². The van der Waals surface area contributed by atoms with Gasteiger partial charge < -0.3 is 33.1 Å². The Morgan fingerprint density at radius 1 is 0.972 bits per heavy atom. The van der Waals surface area contributed by atoms with E-state index in [-0.39, 0.29) is 28.1 Å². The lowest BCUT2D eigenvalue weighted by atomic mass is 9.80. The lowest BCUT2D eigenvalue weighted by Gasteiger charge is -2.35. The molecule has 0 aliphatic carbocycles. The van der Waals surface area contributed by atoms with Gasteiger partial charge in [-0.1, -0.05) is 6.07 Å². The molecular formula is C26H23N2O7P. The van der Waals surface area contributed by atoms with Crippen molar-refractivity contribution >= 4 is 25.8 Å². The molecule has 0 amide bonds. The molecule has 0 fully saturated rings. The van der Waals surface area contributed by atoms with Crippen LogP contribution >= 0.6 is 8.73 Å². The van der Waals surface area contributed by atoms with Gasteiger partial charge in [-0.3, -0.25) is 4.98 Å². The monoisotopic (exact) mass is 506 g/mol. The molecule has 0 saturated heterocycles. The van der Waals surface area contributed by atoms with Gasteiger partial charge in [-0.2, -0.15) is 0 Å². The summed E-state index contributed by atoms with van der Waals surface area (Å²) in [6, 6.07) is 13.4. The molecule has 9 nitrogen and oxygen atoms in total. The van der Waals surface area contributed by atoms with E-state index in [4.69, 9.17) is 28.4 Å². The van der Waals surface area contributed by atoms with Gasteiger partial charge in [0.2, 0.25) is 12.5 Å². The first kappa shape index (κ1) is 22.5. The molecule has 2 unspecified atom stereocenters. The molecule has 0 bridgehead atoms. The highest BCUT2D eigenvalue weighted by Gasteiger charge is 2.43. The fourth-order valence-corrected chi connectivity index (χ4v) is 6.00. The SMILES string of the molecule is COc1cc(C2C3=C(COC3=O)N(Pc3ccccn3)c3cc4c(cc32)OCO4)cc(OC)c1OC. The van der Waals surface area contributed by atoms with Crippen molar-refractivity contribution in [2.75, 3.05) is 39.4 Å². The summed E-state index contributed by atoms with van der Waals surface area (Å²) >= 11 is 0. The normalized spacial score (nSPS) is 17.8. The van der Waals surface area contributed by atoms with Crippen LogP contribution in [0.5, 0.6) is 28.7 Å². The minimum Gasteiger partial charge on any atom is -0.493 e. The number of benzene rings is 2. The van der Waals surface area contributed by atoms with Crippen LogP contribution in [0.25, 0.3) is 0 Å². The van der Waals surface area contributed by atoms with Crippen LogP contribution in [0.2, 0.25) is 0 Å². The number of nitrogens with zero attached hydrogens (tertiary/aromatic N) is 2. The fourth-order valence-electron chi connectivity index (χ4n) is 4.83. The van der Waals surface area contributed by atoms with E-state index in [0.717, 1.165) is 27.9 Å². The fraction of sp³-hybridized carbons (Fsp3) is 0.231. The third-order valence-corrected chi connectivity index (χ3v) is 7.67. The smallest absolute Gasteiger partial charge is 0.337 e. The number of carbonyl (C=O) groups excluding carboxylic acids is 1. The van der Waals surface area contributed by atoms with Crippen molar-refractivity contribution in [1.82, 2.24) is 4.98 Å². The summed E-state index contributed by atoms with van der Waals surface area (Å²) in [6.07, 6.45) is 1.76. The van der Waals surface area contributed by atoms with E-state index in [1.807, 2.05) is 42.5 Å². The van der Waals surface area contributed by atoms with Crippen molar-refractivity contribution in [2.24, 2.45) is 0 Å². The Kier molecular flexibility index (Phi) is 5.57. The molecule has 184 valence electrons. The first-order valence-corrected chi connectivity index (χ1v) is 12.2. The second-order valence-electron chi connectivity index (χ2n) is 8.25. The van der Waals surface area contributed by atoms with Crippen LogP contribution < -0.4 is 33.8 Å². The molecule has 3 aliphatic rings. The van der Waals surface area contributed by atoms with Gasteiger partial charge >= 0.3 is 5.97 Å². The van der Waals surface area contributed by atoms with E-state index in [2.05, 4.69) is 9.65 Å². The molecule has 6 rings (SSSR count). The minimum atomic E-state index is -0.446. The summed E-state index contributed by atoms with van der Waals surface area (Å²) in [5.41, 5.74) is 4.84. The van der Waals surface area contributed by atoms with E-state index >= 15 is 0 Å². The molecule has 0 saturated carbocycles. The summed E-state index contributed by atoms with van der Waals surface area (Å²) in [7, 11) is 4.84. The number of carbonyl (C=O) groups is 1. The van der Waals surface area contributed by atoms with Gasteiger partial charge in [0, 0.05) is 26.9 Å². The van der Waals surface area contributed by atoms with E-state index in [1.54, 1.807) is 27.5 Å². The molecule has 2 aromatic carbocycles. The molecule has 1 aromatic heterocycles. The van der Waals surface area contributed by atoms with E-state index in [9.17, 15) is 4.79 Å². The largest absolute Gasteiger partial charge is 0.493 e. The number of rotatable bonds is 6. The van der Waals surface area contributed by atoms with E-state index in [0.29, 0.717) is 34.3 Å². The zero-order chi connectivity index (χ0) is 24.8. The van der Waals surface area contributed by atoms with Crippen LogP contribution in [0.4, 0.5) is 5.69 Å². The summed E-state index contributed by atoms with van der Waals surface area (Å²) in [4.78, 5) is 17.7. The van der Waals surface area contributed by atoms with Crippen LogP contribution in [0.3, 0.4) is 0 Å². The zero-order valence-corrected chi connectivity index (χ0v) is 20.9. The Balaban J connectivity index is 1.59. The molecule has 0 spiro atoms. The Labute approximate surface area is 209 Å². The van der Waals surface area contributed by atoms with Crippen molar-refractivity contribution in [3.63, 3.8) is 0 Å². The van der Waals surface area contributed by atoms with Gasteiger partial charge in [0.05, 0.1) is 43.7 Å². The molecular weight excluding hydrogens is 483 g/mol. The molecule has 2 atom stereocenters. The first-order chi connectivity index (χ1) is 17.6. The van der Waals surface area contributed by atoms with Gasteiger partial charge in [-0.05, 0) is 41.5 Å².